The molecule has 2 saturated heterocycles. The summed E-state index contributed by atoms with van der Waals surface area (Å²) >= 11 is 6.13. The van der Waals surface area contributed by atoms with Crippen molar-refractivity contribution < 1.29 is 14.3 Å². The zero-order valence-electron chi connectivity index (χ0n) is 15.9. The highest BCUT2D eigenvalue weighted by Crippen LogP contribution is 2.29. The molecule has 0 aromatic heterocycles. The van der Waals surface area contributed by atoms with Crippen molar-refractivity contribution in [2.24, 2.45) is 5.92 Å². The molecule has 1 aromatic carbocycles. The summed E-state index contributed by atoms with van der Waals surface area (Å²) in [7, 11) is 2.14. The molecule has 0 radical (unpaired) electrons. The average Bonchev–Trinajstić information content (AvgIpc) is 2.68. The van der Waals surface area contributed by atoms with Crippen molar-refractivity contribution in [3.8, 4) is 0 Å². The molecule has 27 heavy (non-hydrogen) atoms. The second kappa shape index (κ2) is 9.32. The van der Waals surface area contributed by atoms with E-state index in [-0.39, 0.29) is 23.1 Å². The Balaban J connectivity index is 1.71. The molecule has 0 aliphatic carbocycles. The van der Waals surface area contributed by atoms with E-state index in [1.165, 1.54) is 18.2 Å². The van der Waals surface area contributed by atoms with Crippen LogP contribution >= 0.6 is 11.6 Å². The van der Waals surface area contributed by atoms with Crippen LogP contribution in [0.5, 0.6) is 0 Å². The second-order valence-corrected chi connectivity index (χ2v) is 8.10. The molecule has 2 heterocycles. The van der Waals surface area contributed by atoms with Crippen LogP contribution in [-0.4, -0.2) is 84.7 Å². The summed E-state index contributed by atoms with van der Waals surface area (Å²) in [5.74, 6) is -0.345. The van der Waals surface area contributed by atoms with E-state index < -0.39 is 5.82 Å². The Morgan fingerprint density at radius 2 is 2.00 bits per heavy atom. The molecule has 5 nitrogen and oxygen atoms in total. The number of benzene rings is 1. The molecule has 0 spiro atoms. The molecule has 7 heteroatoms. The number of carbonyl (C=O) groups is 1. The van der Waals surface area contributed by atoms with E-state index in [4.69, 9.17) is 11.6 Å². The van der Waals surface area contributed by atoms with Gasteiger partial charge in [-0.25, -0.2) is 4.39 Å². The van der Waals surface area contributed by atoms with Crippen LogP contribution in [0.2, 0.25) is 5.02 Å². The number of hydrogen-bond donors (Lipinski definition) is 1. The summed E-state index contributed by atoms with van der Waals surface area (Å²) in [6.45, 7) is 5.65. The van der Waals surface area contributed by atoms with E-state index in [2.05, 4.69) is 16.8 Å². The zero-order valence-corrected chi connectivity index (χ0v) is 16.7. The maximum atomic E-state index is 13.6. The summed E-state index contributed by atoms with van der Waals surface area (Å²) in [6, 6.07) is 4.35. The average molecular weight is 398 g/mol. The van der Waals surface area contributed by atoms with Crippen LogP contribution in [0.25, 0.3) is 0 Å². The van der Waals surface area contributed by atoms with Crippen molar-refractivity contribution in [1.29, 1.82) is 0 Å². The number of piperazine rings is 1. The lowest BCUT2D eigenvalue weighted by Gasteiger charge is -2.46. The van der Waals surface area contributed by atoms with Crippen molar-refractivity contribution >= 4 is 17.5 Å². The van der Waals surface area contributed by atoms with Gasteiger partial charge in [0, 0.05) is 51.9 Å². The molecular formula is C20H29ClFN3O2. The predicted molar refractivity (Wildman–Crippen MR) is 105 cm³/mol. The van der Waals surface area contributed by atoms with E-state index in [1.807, 2.05) is 0 Å². The first-order valence-corrected chi connectivity index (χ1v) is 10.1. The predicted octanol–water partition coefficient (Wildman–Crippen LogP) is 2.33. The molecular weight excluding hydrogens is 369 g/mol. The molecule has 1 N–H and O–H groups in total. The number of halogens is 2. The summed E-state index contributed by atoms with van der Waals surface area (Å²) in [4.78, 5) is 19.6. The number of aliphatic hydroxyl groups is 1. The van der Waals surface area contributed by atoms with E-state index >= 15 is 0 Å². The number of piperidine rings is 1. The lowest BCUT2D eigenvalue weighted by Crippen LogP contribution is -2.57. The van der Waals surface area contributed by atoms with Crippen LogP contribution in [0.15, 0.2) is 18.2 Å². The molecule has 150 valence electrons. The summed E-state index contributed by atoms with van der Waals surface area (Å²) in [6.07, 6.45) is 2.52. The number of carbonyl (C=O) groups excluding carboxylic acids is 1. The van der Waals surface area contributed by atoms with E-state index in [9.17, 15) is 14.3 Å². The zero-order chi connectivity index (χ0) is 19.4. The Kier molecular flexibility index (Phi) is 7.09. The second-order valence-electron chi connectivity index (χ2n) is 7.70. The number of amides is 1. The third-order valence-corrected chi connectivity index (χ3v) is 6.21. The number of likely N-dealkylation sites (N-methyl/N-ethyl adjacent to an activating group) is 1. The molecule has 2 aliphatic heterocycles. The Labute approximate surface area is 165 Å². The fourth-order valence-corrected chi connectivity index (χ4v) is 4.51. The van der Waals surface area contributed by atoms with E-state index in [1.54, 1.807) is 4.90 Å². The van der Waals surface area contributed by atoms with Gasteiger partial charge in [-0.1, -0.05) is 11.6 Å². The number of nitrogens with zero attached hydrogens (tertiary/aromatic N) is 3. The van der Waals surface area contributed by atoms with Crippen molar-refractivity contribution in [3.63, 3.8) is 0 Å². The van der Waals surface area contributed by atoms with Gasteiger partial charge < -0.3 is 14.9 Å². The third kappa shape index (κ3) is 4.99. The normalized spacial score (nSPS) is 25.0. The van der Waals surface area contributed by atoms with Gasteiger partial charge in [-0.3, -0.25) is 9.69 Å². The van der Waals surface area contributed by atoms with Crippen LogP contribution in [0, 0.1) is 11.7 Å². The standard InChI is InChI=1S/C20H29ClFN3O2/c1-23-8-10-24(11-9-23)19-6-7-25(14-15(19)3-2-12-26)20(27)17-13-16(22)4-5-18(17)21/h4-5,13,15,19,26H,2-3,6-12,14H2,1H3/t15-,19+/m0/s1. The van der Waals surface area contributed by atoms with Gasteiger partial charge in [-0.05, 0) is 50.4 Å². The monoisotopic (exact) mass is 397 g/mol. The number of rotatable bonds is 5. The van der Waals surface area contributed by atoms with Crippen LogP contribution in [0.4, 0.5) is 4.39 Å². The molecule has 1 amide bonds. The minimum absolute atomic E-state index is 0.162. The van der Waals surface area contributed by atoms with Crippen molar-refractivity contribution in [3.05, 3.63) is 34.6 Å². The summed E-state index contributed by atoms with van der Waals surface area (Å²) in [5.41, 5.74) is 0.232. The fraction of sp³-hybridized carbons (Fsp3) is 0.650. The molecule has 0 bridgehead atoms. The fourth-order valence-electron chi connectivity index (χ4n) is 4.31. The highest BCUT2D eigenvalue weighted by Gasteiger charge is 2.36. The smallest absolute Gasteiger partial charge is 0.255 e. The first-order chi connectivity index (χ1) is 13.0. The molecule has 1 aromatic rings. The topological polar surface area (TPSA) is 47.0 Å². The van der Waals surface area contributed by atoms with Crippen molar-refractivity contribution in [2.75, 3.05) is 52.9 Å². The maximum Gasteiger partial charge on any atom is 0.255 e. The van der Waals surface area contributed by atoms with Gasteiger partial charge in [0.25, 0.3) is 5.91 Å². The summed E-state index contributed by atoms with van der Waals surface area (Å²) < 4.78 is 13.6. The van der Waals surface area contributed by atoms with Crippen LogP contribution in [0.1, 0.15) is 29.6 Å². The Morgan fingerprint density at radius 3 is 2.70 bits per heavy atom. The SMILES string of the molecule is CN1CCN([C@@H]2CCN(C(=O)c3cc(F)ccc3Cl)C[C@@H]2CCCO)CC1. The lowest BCUT2D eigenvalue weighted by molar-refractivity contribution is 0.0218. The Bertz CT molecular complexity index is 652. The van der Waals surface area contributed by atoms with Crippen LogP contribution in [-0.2, 0) is 0 Å². The van der Waals surface area contributed by atoms with Gasteiger partial charge in [0.2, 0.25) is 0 Å². The lowest BCUT2D eigenvalue weighted by atomic mass is 9.86. The van der Waals surface area contributed by atoms with Gasteiger partial charge >= 0.3 is 0 Å². The minimum atomic E-state index is -0.452. The number of hydrogen-bond acceptors (Lipinski definition) is 4. The first-order valence-electron chi connectivity index (χ1n) is 9.77. The quantitative estimate of drug-likeness (QED) is 0.828. The maximum absolute atomic E-state index is 13.6. The molecule has 2 atom stereocenters. The Hall–Kier alpha value is -1.21. The van der Waals surface area contributed by atoms with Crippen LogP contribution in [0.3, 0.4) is 0 Å². The van der Waals surface area contributed by atoms with E-state index in [0.717, 1.165) is 45.4 Å². The largest absolute Gasteiger partial charge is 0.396 e. The van der Waals surface area contributed by atoms with Crippen molar-refractivity contribution in [1.82, 2.24) is 14.7 Å². The van der Waals surface area contributed by atoms with Gasteiger partial charge in [0.05, 0.1) is 10.6 Å². The molecule has 2 aliphatic rings. The highest BCUT2D eigenvalue weighted by atomic mass is 35.5. The summed E-state index contributed by atoms with van der Waals surface area (Å²) in [5, 5.41) is 9.57. The number of likely N-dealkylation sites (tertiary alicyclic amines) is 1. The molecule has 0 saturated carbocycles. The Morgan fingerprint density at radius 1 is 1.26 bits per heavy atom. The van der Waals surface area contributed by atoms with E-state index in [0.29, 0.717) is 25.0 Å². The first kappa shape index (κ1) is 20.5. The van der Waals surface area contributed by atoms with Gasteiger partial charge in [-0.15, -0.1) is 0 Å². The molecule has 0 unspecified atom stereocenters. The molecule has 2 fully saturated rings. The van der Waals surface area contributed by atoms with Gasteiger partial charge in [0.15, 0.2) is 0 Å². The van der Waals surface area contributed by atoms with Gasteiger partial charge in [-0.2, -0.15) is 0 Å². The van der Waals surface area contributed by atoms with Crippen LogP contribution < -0.4 is 0 Å². The minimum Gasteiger partial charge on any atom is -0.396 e. The number of aliphatic hydroxyl groups excluding tert-OH is 1. The van der Waals surface area contributed by atoms with Crippen molar-refractivity contribution in [2.45, 2.75) is 25.3 Å². The van der Waals surface area contributed by atoms with Gasteiger partial charge in [0.1, 0.15) is 5.82 Å². The third-order valence-electron chi connectivity index (χ3n) is 5.88. The highest BCUT2D eigenvalue weighted by molar-refractivity contribution is 6.33. The molecule has 3 rings (SSSR count).